The van der Waals surface area contributed by atoms with Gasteiger partial charge in [0.15, 0.2) is 11.5 Å². The first-order valence-corrected chi connectivity index (χ1v) is 7.34. The Bertz CT molecular complexity index is 769. The summed E-state index contributed by atoms with van der Waals surface area (Å²) in [4.78, 5) is 11.6. The summed E-state index contributed by atoms with van der Waals surface area (Å²) in [5.74, 6) is -0.0925. The molecular formula is C17H14Cl2O4. The molecule has 0 amide bonds. The molecule has 0 radical (unpaired) electrons. The molecule has 0 saturated carbocycles. The molecule has 0 saturated heterocycles. The summed E-state index contributed by atoms with van der Waals surface area (Å²) in [5, 5.41) is 10.3. The van der Waals surface area contributed by atoms with Crippen molar-refractivity contribution in [3.05, 3.63) is 57.6 Å². The number of ether oxygens (including phenoxy) is 2. The molecule has 0 aromatic heterocycles. The van der Waals surface area contributed by atoms with E-state index in [0.717, 1.165) is 0 Å². The van der Waals surface area contributed by atoms with Crippen molar-refractivity contribution in [2.75, 3.05) is 14.2 Å². The summed E-state index contributed by atoms with van der Waals surface area (Å²) < 4.78 is 10.4. The van der Waals surface area contributed by atoms with Crippen molar-refractivity contribution in [1.82, 2.24) is 0 Å². The quantitative estimate of drug-likeness (QED) is 0.629. The van der Waals surface area contributed by atoms with Crippen LogP contribution < -0.4 is 9.47 Å². The number of hydrogen-bond donors (Lipinski definition) is 1. The molecule has 6 heteroatoms. The lowest BCUT2D eigenvalue weighted by atomic mass is 10.0. The predicted molar refractivity (Wildman–Crippen MR) is 91.5 cm³/mol. The van der Waals surface area contributed by atoms with E-state index < -0.39 is 5.97 Å². The zero-order chi connectivity index (χ0) is 17.0. The molecule has 0 heterocycles. The van der Waals surface area contributed by atoms with Crippen LogP contribution in [0.15, 0.2) is 36.4 Å². The number of carboxylic acids is 1. The summed E-state index contributed by atoms with van der Waals surface area (Å²) in [5.41, 5.74) is 1.22. The zero-order valence-corrected chi connectivity index (χ0v) is 14.0. The Morgan fingerprint density at radius 1 is 1.00 bits per heavy atom. The molecule has 4 nitrogen and oxygen atoms in total. The monoisotopic (exact) mass is 352 g/mol. The SMILES string of the molecule is COc1ccc(/C(=C/c2ccc(Cl)c(Cl)c2)C(=O)O)cc1OC. The number of methoxy groups -OCH3 is 2. The zero-order valence-electron chi connectivity index (χ0n) is 12.5. The lowest BCUT2D eigenvalue weighted by Gasteiger charge is -2.10. The Labute approximate surface area is 143 Å². The van der Waals surface area contributed by atoms with Crippen LogP contribution in [0.5, 0.6) is 11.5 Å². The minimum atomic E-state index is -1.07. The molecule has 0 atom stereocenters. The van der Waals surface area contributed by atoms with Gasteiger partial charge in [-0.25, -0.2) is 4.79 Å². The highest BCUT2D eigenvalue weighted by molar-refractivity contribution is 6.42. The average Bonchev–Trinajstić information content (AvgIpc) is 2.54. The van der Waals surface area contributed by atoms with Gasteiger partial charge in [-0.3, -0.25) is 0 Å². The molecule has 0 aliphatic carbocycles. The molecule has 0 unspecified atom stereocenters. The van der Waals surface area contributed by atoms with Gasteiger partial charge >= 0.3 is 5.97 Å². The molecule has 0 bridgehead atoms. The van der Waals surface area contributed by atoms with Gasteiger partial charge < -0.3 is 14.6 Å². The fourth-order valence-corrected chi connectivity index (χ4v) is 2.35. The summed E-state index contributed by atoms with van der Waals surface area (Å²) in [7, 11) is 3.01. The Morgan fingerprint density at radius 2 is 1.70 bits per heavy atom. The number of halogens is 2. The largest absolute Gasteiger partial charge is 0.493 e. The van der Waals surface area contributed by atoms with Gasteiger partial charge in [-0.2, -0.15) is 0 Å². The number of hydrogen-bond acceptors (Lipinski definition) is 3. The van der Waals surface area contributed by atoms with Crippen LogP contribution in [0.2, 0.25) is 10.0 Å². The predicted octanol–water partition coefficient (Wildman–Crippen LogP) is 4.64. The topological polar surface area (TPSA) is 55.8 Å². The van der Waals surface area contributed by atoms with Crippen molar-refractivity contribution >= 4 is 40.8 Å². The maximum absolute atomic E-state index is 11.6. The van der Waals surface area contributed by atoms with E-state index in [1.807, 2.05) is 0 Å². The molecule has 23 heavy (non-hydrogen) atoms. The fraction of sp³-hybridized carbons (Fsp3) is 0.118. The lowest BCUT2D eigenvalue weighted by molar-refractivity contribution is -0.130. The molecule has 2 aromatic carbocycles. The van der Waals surface area contributed by atoms with Gasteiger partial charge in [0.2, 0.25) is 0 Å². The summed E-state index contributed by atoms with van der Waals surface area (Å²) >= 11 is 11.8. The van der Waals surface area contributed by atoms with Crippen molar-refractivity contribution in [3.63, 3.8) is 0 Å². The molecule has 0 spiro atoms. The van der Waals surface area contributed by atoms with E-state index >= 15 is 0 Å². The van der Waals surface area contributed by atoms with Gasteiger partial charge in [-0.1, -0.05) is 35.3 Å². The molecule has 2 rings (SSSR count). The summed E-state index contributed by atoms with van der Waals surface area (Å²) in [6, 6.07) is 9.82. The Morgan fingerprint density at radius 3 is 2.26 bits per heavy atom. The van der Waals surface area contributed by atoms with E-state index in [1.54, 1.807) is 36.4 Å². The normalized spacial score (nSPS) is 11.2. The minimum Gasteiger partial charge on any atom is -0.493 e. The first-order valence-electron chi connectivity index (χ1n) is 6.58. The minimum absolute atomic E-state index is 0.101. The second kappa shape index (κ2) is 7.40. The number of aliphatic carboxylic acids is 1. The van der Waals surface area contributed by atoms with E-state index in [9.17, 15) is 9.90 Å². The molecular weight excluding hydrogens is 339 g/mol. The standard InChI is InChI=1S/C17H14Cl2O4/c1-22-15-6-4-11(9-16(15)23-2)12(17(20)21)7-10-3-5-13(18)14(19)8-10/h3-9H,1-2H3,(H,20,21)/b12-7-. The van der Waals surface area contributed by atoms with Crippen LogP contribution in [0, 0.1) is 0 Å². The van der Waals surface area contributed by atoms with Crippen LogP contribution in [0.25, 0.3) is 11.6 Å². The van der Waals surface area contributed by atoms with E-state index in [0.29, 0.717) is 32.7 Å². The number of benzene rings is 2. The average molecular weight is 353 g/mol. The molecule has 1 N–H and O–H groups in total. The third-order valence-electron chi connectivity index (χ3n) is 3.18. The van der Waals surface area contributed by atoms with E-state index in [4.69, 9.17) is 32.7 Å². The Balaban J connectivity index is 2.52. The molecule has 0 aliphatic rings. The lowest BCUT2D eigenvalue weighted by Crippen LogP contribution is -2.01. The van der Waals surface area contributed by atoms with E-state index in [-0.39, 0.29) is 5.57 Å². The second-order valence-corrected chi connectivity index (χ2v) is 5.42. The first kappa shape index (κ1) is 17.2. The van der Waals surface area contributed by atoms with Gasteiger partial charge in [-0.05, 0) is 41.5 Å². The maximum atomic E-state index is 11.6. The number of carbonyl (C=O) groups is 1. The Hall–Kier alpha value is -2.17. The smallest absolute Gasteiger partial charge is 0.336 e. The third kappa shape index (κ3) is 3.97. The third-order valence-corrected chi connectivity index (χ3v) is 3.92. The fourth-order valence-electron chi connectivity index (χ4n) is 2.04. The van der Waals surface area contributed by atoms with E-state index in [1.165, 1.54) is 20.3 Å². The van der Waals surface area contributed by atoms with Crippen LogP contribution in [-0.2, 0) is 4.79 Å². The number of carboxylic acid groups (broad SMARTS) is 1. The van der Waals surface area contributed by atoms with Crippen molar-refractivity contribution in [2.45, 2.75) is 0 Å². The highest BCUT2D eigenvalue weighted by Gasteiger charge is 2.14. The van der Waals surface area contributed by atoms with Crippen molar-refractivity contribution in [2.24, 2.45) is 0 Å². The van der Waals surface area contributed by atoms with Crippen LogP contribution >= 0.6 is 23.2 Å². The highest BCUT2D eigenvalue weighted by atomic mass is 35.5. The van der Waals surface area contributed by atoms with Gasteiger partial charge in [0.1, 0.15) is 0 Å². The first-order chi connectivity index (χ1) is 11.0. The molecule has 120 valence electrons. The molecule has 0 fully saturated rings. The van der Waals surface area contributed by atoms with Crippen LogP contribution in [0.1, 0.15) is 11.1 Å². The van der Waals surface area contributed by atoms with Gasteiger partial charge in [-0.15, -0.1) is 0 Å². The maximum Gasteiger partial charge on any atom is 0.336 e. The van der Waals surface area contributed by atoms with Gasteiger partial charge in [0.25, 0.3) is 0 Å². The van der Waals surface area contributed by atoms with Crippen LogP contribution in [-0.4, -0.2) is 25.3 Å². The van der Waals surface area contributed by atoms with Gasteiger partial charge in [0, 0.05) is 0 Å². The van der Waals surface area contributed by atoms with E-state index in [2.05, 4.69) is 0 Å². The number of rotatable bonds is 5. The van der Waals surface area contributed by atoms with Crippen LogP contribution in [0.3, 0.4) is 0 Å². The molecule has 2 aromatic rings. The van der Waals surface area contributed by atoms with Crippen molar-refractivity contribution in [1.29, 1.82) is 0 Å². The highest BCUT2D eigenvalue weighted by Crippen LogP contribution is 2.32. The summed E-state index contributed by atoms with van der Waals surface area (Å²) in [6.07, 6.45) is 1.52. The van der Waals surface area contributed by atoms with Crippen LogP contribution in [0.4, 0.5) is 0 Å². The molecule has 0 aliphatic heterocycles. The second-order valence-electron chi connectivity index (χ2n) is 4.61. The van der Waals surface area contributed by atoms with Crippen molar-refractivity contribution < 1.29 is 19.4 Å². The van der Waals surface area contributed by atoms with Crippen molar-refractivity contribution in [3.8, 4) is 11.5 Å². The van der Waals surface area contributed by atoms with Gasteiger partial charge in [0.05, 0.1) is 29.8 Å². The summed E-state index contributed by atoms with van der Waals surface area (Å²) in [6.45, 7) is 0. The Kier molecular flexibility index (Phi) is 5.53.